The number of hydrogen-bond donors (Lipinski definition) is 1. The van der Waals surface area contributed by atoms with Crippen LogP contribution in [0.4, 0.5) is 0 Å². The van der Waals surface area contributed by atoms with Crippen LogP contribution < -0.4 is 10.1 Å². The van der Waals surface area contributed by atoms with Crippen LogP contribution in [0.15, 0.2) is 53.4 Å². The summed E-state index contributed by atoms with van der Waals surface area (Å²) in [5.41, 5.74) is 1.79. The lowest BCUT2D eigenvalue weighted by atomic mass is 10.1. The van der Waals surface area contributed by atoms with Crippen molar-refractivity contribution < 1.29 is 9.53 Å². The van der Waals surface area contributed by atoms with Crippen molar-refractivity contribution in [3.05, 3.63) is 59.7 Å². The van der Waals surface area contributed by atoms with E-state index in [0.717, 1.165) is 16.2 Å². The Labute approximate surface area is 148 Å². The monoisotopic (exact) mass is 344 g/mol. The van der Waals surface area contributed by atoms with Crippen LogP contribution in [0.1, 0.15) is 22.0 Å². The first kappa shape index (κ1) is 18.4. The van der Waals surface area contributed by atoms with Gasteiger partial charge in [-0.2, -0.15) is 0 Å². The van der Waals surface area contributed by atoms with Gasteiger partial charge in [0.05, 0.1) is 13.2 Å². The molecule has 0 spiro atoms. The molecular formula is C19H24N2O2S. The van der Waals surface area contributed by atoms with Crippen molar-refractivity contribution >= 4 is 17.7 Å². The average Bonchev–Trinajstić information content (AvgIpc) is 2.61. The predicted octanol–water partition coefficient (Wildman–Crippen LogP) is 3.45. The van der Waals surface area contributed by atoms with E-state index in [-0.39, 0.29) is 11.9 Å². The van der Waals surface area contributed by atoms with Gasteiger partial charge in [0.15, 0.2) is 0 Å². The van der Waals surface area contributed by atoms with Crippen molar-refractivity contribution in [3.8, 4) is 5.75 Å². The molecule has 2 rings (SSSR count). The molecule has 0 aliphatic heterocycles. The summed E-state index contributed by atoms with van der Waals surface area (Å²) in [6.45, 7) is 0.531. The number of carbonyl (C=O) groups excluding carboxylic acids is 1. The molecule has 1 N–H and O–H groups in total. The van der Waals surface area contributed by atoms with Crippen molar-refractivity contribution in [1.82, 2.24) is 10.2 Å². The lowest BCUT2D eigenvalue weighted by Crippen LogP contribution is -2.34. The van der Waals surface area contributed by atoms with Gasteiger partial charge in [0.2, 0.25) is 0 Å². The summed E-state index contributed by atoms with van der Waals surface area (Å²) in [6.07, 6.45) is 2.02. The maximum absolute atomic E-state index is 12.4. The maximum Gasteiger partial charge on any atom is 0.251 e. The summed E-state index contributed by atoms with van der Waals surface area (Å²) in [5.74, 6) is 0.760. The topological polar surface area (TPSA) is 41.6 Å². The second-order valence-electron chi connectivity index (χ2n) is 5.69. The highest BCUT2D eigenvalue weighted by molar-refractivity contribution is 7.98. The number of ether oxygens (including phenoxy) is 1. The molecule has 0 fully saturated rings. The van der Waals surface area contributed by atoms with E-state index in [9.17, 15) is 4.79 Å². The number of rotatable bonds is 7. The largest absolute Gasteiger partial charge is 0.497 e. The fourth-order valence-electron chi connectivity index (χ4n) is 2.48. The summed E-state index contributed by atoms with van der Waals surface area (Å²) >= 11 is 1.66. The van der Waals surface area contributed by atoms with Gasteiger partial charge in [-0.15, -0.1) is 11.8 Å². The SMILES string of the molecule is COc1cccc(C(CNC(=O)c2ccc(SC)cc2)N(C)C)c1. The molecule has 0 bridgehead atoms. The van der Waals surface area contributed by atoms with E-state index >= 15 is 0 Å². The molecule has 0 radical (unpaired) electrons. The molecule has 2 aromatic rings. The Kier molecular flexibility index (Phi) is 6.70. The average molecular weight is 344 g/mol. The van der Waals surface area contributed by atoms with Crippen molar-refractivity contribution in [2.75, 3.05) is 34.0 Å². The number of likely N-dealkylation sites (N-methyl/N-ethyl adjacent to an activating group) is 1. The summed E-state index contributed by atoms with van der Waals surface area (Å²) in [6, 6.07) is 15.7. The van der Waals surface area contributed by atoms with Crippen molar-refractivity contribution in [2.24, 2.45) is 0 Å². The van der Waals surface area contributed by atoms with E-state index in [1.54, 1.807) is 18.9 Å². The summed E-state index contributed by atoms with van der Waals surface area (Å²) in [7, 11) is 5.66. The van der Waals surface area contributed by atoms with E-state index in [4.69, 9.17) is 4.74 Å². The van der Waals surface area contributed by atoms with Crippen LogP contribution in [-0.2, 0) is 0 Å². The predicted molar refractivity (Wildman–Crippen MR) is 100.0 cm³/mol. The summed E-state index contributed by atoms with van der Waals surface area (Å²) < 4.78 is 5.29. The van der Waals surface area contributed by atoms with Crippen molar-refractivity contribution in [2.45, 2.75) is 10.9 Å². The quantitative estimate of drug-likeness (QED) is 0.781. The zero-order valence-electron chi connectivity index (χ0n) is 14.6. The number of thioether (sulfide) groups is 1. The summed E-state index contributed by atoms with van der Waals surface area (Å²) in [4.78, 5) is 15.6. The Morgan fingerprint density at radius 3 is 2.50 bits per heavy atom. The van der Waals surface area contributed by atoms with Gasteiger partial charge in [0.1, 0.15) is 5.75 Å². The molecule has 1 atom stereocenters. The maximum atomic E-state index is 12.4. The third-order valence-corrected chi connectivity index (χ3v) is 4.65. The van der Waals surface area contributed by atoms with Gasteiger partial charge in [-0.1, -0.05) is 12.1 Å². The highest BCUT2D eigenvalue weighted by Gasteiger charge is 2.16. The molecule has 0 heterocycles. The van der Waals surface area contributed by atoms with Gasteiger partial charge >= 0.3 is 0 Å². The number of carbonyl (C=O) groups is 1. The molecule has 4 nitrogen and oxygen atoms in total. The van der Waals surface area contributed by atoms with Crippen LogP contribution in [0.2, 0.25) is 0 Å². The van der Waals surface area contributed by atoms with Crippen LogP contribution >= 0.6 is 11.8 Å². The van der Waals surface area contributed by atoms with Crippen LogP contribution in [0.5, 0.6) is 5.75 Å². The minimum absolute atomic E-state index is 0.0580. The molecule has 1 unspecified atom stereocenters. The minimum atomic E-state index is -0.0580. The molecule has 2 aromatic carbocycles. The third-order valence-electron chi connectivity index (χ3n) is 3.91. The Bertz CT molecular complexity index is 671. The molecule has 0 aromatic heterocycles. The first-order valence-corrected chi connectivity index (χ1v) is 9.00. The molecule has 1 amide bonds. The molecule has 0 aliphatic carbocycles. The zero-order chi connectivity index (χ0) is 17.5. The van der Waals surface area contributed by atoms with E-state index in [1.807, 2.05) is 68.9 Å². The third kappa shape index (κ3) is 4.76. The van der Waals surface area contributed by atoms with E-state index in [2.05, 4.69) is 10.2 Å². The van der Waals surface area contributed by atoms with Gasteiger partial charge in [-0.05, 0) is 62.3 Å². The number of nitrogens with one attached hydrogen (secondary N) is 1. The van der Waals surface area contributed by atoms with Gasteiger partial charge in [0, 0.05) is 17.0 Å². The molecule has 5 heteroatoms. The highest BCUT2D eigenvalue weighted by Crippen LogP contribution is 2.22. The first-order chi connectivity index (χ1) is 11.5. The Hall–Kier alpha value is -1.98. The van der Waals surface area contributed by atoms with Crippen molar-refractivity contribution in [3.63, 3.8) is 0 Å². The van der Waals surface area contributed by atoms with Gasteiger partial charge < -0.3 is 15.0 Å². The fraction of sp³-hybridized carbons (Fsp3) is 0.316. The summed E-state index contributed by atoms with van der Waals surface area (Å²) in [5, 5.41) is 3.03. The number of methoxy groups -OCH3 is 1. The Morgan fingerprint density at radius 1 is 1.21 bits per heavy atom. The minimum Gasteiger partial charge on any atom is -0.497 e. The normalized spacial score (nSPS) is 12.0. The first-order valence-electron chi connectivity index (χ1n) is 7.77. The van der Waals surface area contributed by atoms with E-state index in [0.29, 0.717) is 12.1 Å². The lowest BCUT2D eigenvalue weighted by Gasteiger charge is -2.25. The number of hydrogen-bond acceptors (Lipinski definition) is 4. The Morgan fingerprint density at radius 2 is 1.92 bits per heavy atom. The molecule has 128 valence electrons. The van der Waals surface area contributed by atoms with Gasteiger partial charge in [0.25, 0.3) is 5.91 Å². The molecule has 24 heavy (non-hydrogen) atoms. The van der Waals surface area contributed by atoms with Crippen LogP contribution in [0, 0.1) is 0 Å². The number of nitrogens with zero attached hydrogens (tertiary/aromatic N) is 1. The highest BCUT2D eigenvalue weighted by atomic mass is 32.2. The van der Waals surface area contributed by atoms with Crippen LogP contribution in [-0.4, -0.2) is 44.8 Å². The van der Waals surface area contributed by atoms with E-state index in [1.165, 1.54) is 0 Å². The number of amides is 1. The lowest BCUT2D eigenvalue weighted by molar-refractivity contribution is 0.0942. The smallest absolute Gasteiger partial charge is 0.251 e. The van der Waals surface area contributed by atoms with Crippen LogP contribution in [0.3, 0.4) is 0 Å². The second kappa shape index (κ2) is 8.76. The molecule has 0 saturated carbocycles. The van der Waals surface area contributed by atoms with E-state index < -0.39 is 0 Å². The van der Waals surface area contributed by atoms with Crippen molar-refractivity contribution in [1.29, 1.82) is 0 Å². The van der Waals surface area contributed by atoms with Gasteiger partial charge in [-0.3, -0.25) is 4.79 Å². The molecular weight excluding hydrogens is 320 g/mol. The number of benzene rings is 2. The Balaban J connectivity index is 2.06. The fourth-order valence-corrected chi connectivity index (χ4v) is 2.89. The molecule has 0 saturated heterocycles. The van der Waals surface area contributed by atoms with Crippen LogP contribution in [0.25, 0.3) is 0 Å². The zero-order valence-corrected chi connectivity index (χ0v) is 15.4. The standard InChI is InChI=1S/C19H24N2O2S/c1-21(2)18(15-6-5-7-16(12-15)23-3)13-20-19(22)14-8-10-17(24-4)11-9-14/h5-12,18H,13H2,1-4H3,(H,20,22). The van der Waals surface area contributed by atoms with Gasteiger partial charge in [-0.25, -0.2) is 0 Å². The second-order valence-corrected chi connectivity index (χ2v) is 6.57. The molecule has 0 aliphatic rings.